The van der Waals surface area contributed by atoms with E-state index in [1.165, 1.54) is 0 Å². The number of aliphatic carboxylic acids is 1. The third-order valence-corrected chi connectivity index (χ3v) is 5.45. The van der Waals surface area contributed by atoms with E-state index in [0.29, 0.717) is 12.8 Å². The zero-order valence-corrected chi connectivity index (χ0v) is 13.2. The largest absolute Gasteiger partial charge is 0.481 e. The van der Waals surface area contributed by atoms with Crippen LogP contribution in [-0.4, -0.2) is 40.6 Å². The zero-order valence-electron chi connectivity index (χ0n) is 12.4. The van der Waals surface area contributed by atoms with Gasteiger partial charge in [-0.1, -0.05) is 0 Å². The minimum Gasteiger partial charge on any atom is -0.481 e. The fourth-order valence-corrected chi connectivity index (χ4v) is 4.13. The molecule has 3 rings (SSSR count). The molecule has 1 saturated carbocycles. The van der Waals surface area contributed by atoms with Crippen molar-refractivity contribution >= 4 is 28.3 Å². The van der Waals surface area contributed by atoms with E-state index in [0.717, 1.165) is 37.4 Å². The quantitative estimate of drug-likeness (QED) is 0.884. The van der Waals surface area contributed by atoms with Gasteiger partial charge in [0.05, 0.1) is 5.92 Å². The maximum Gasteiger partial charge on any atom is 0.306 e. The second kappa shape index (κ2) is 6.64. The van der Waals surface area contributed by atoms with Crippen LogP contribution in [0.15, 0.2) is 11.6 Å². The van der Waals surface area contributed by atoms with E-state index < -0.39 is 5.97 Å². The molecule has 2 N–H and O–H groups in total. The number of aromatic nitrogens is 1. The second-order valence-corrected chi connectivity index (χ2v) is 6.93. The van der Waals surface area contributed by atoms with Crippen LogP contribution in [0.5, 0.6) is 0 Å². The summed E-state index contributed by atoms with van der Waals surface area (Å²) in [5.41, 5.74) is 0. The highest BCUT2D eigenvalue weighted by Crippen LogP contribution is 2.28. The number of anilines is 1. The Morgan fingerprint density at radius 1 is 1.27 bits per heavy atom. The summed E-state index contributed by atoms with van der Waals surface area (Å²) in [5.74, 6) is -0.895. The Morgan fingerprint density at radius 2 is 2.05 bits per heavy atom. The molecule has 2 heterocycles. The van der Waals surface area contributed by atoms with E-state index in [-0.39, 0.29) is 23.9 Å². The fourth-order valence-electron chi connectivity index (χ4n) is 3.41. The van der Waals surface area contributed by atoms with E-state index in [2.05, 4.69) is 15.2 Å². The fraction of sp³-hybridized carbons (Fsp3) is 0.667. The number of carbonyl (C=O) groups is 2. The molecule has 6 nitrogen and oxygen atoms in total. The van der Waals surface area contributed by atoms with Gasteiger partial charge >= 0.3 is 5.97 Å². The van der Waals surface area contributed by atoms with Crippen LogP contribution < -0.4 is 10.2 Å². The lowest BCUT2D eigenvalue weighted by Crippen LogP contribution is -2.48. The van der Waals surface area contributed by atoms with Crippen LogP contribution in [0.4, 0.5) is 5.13 Å². The molecule has 2 aliphatic rings. The van der Waals surface area contributed by atoms with E-state index in [4.69, 9.17) is 5.11 Å². The maximum atomic E-state index is 12.5. The van der Waals surface area contributed by atoms with Gasteiger partial charge in [-0.05, 0) is 38.5 Å². The van der Waals surface area contributed by atoms with Gasteiger partial charge in [0.1, 0.15) is 6.04 Å². The first kappa shape index (κ1) is 15.3. The van der Waals surface area contributed by atoms with Crippen LogP contribution in [0.25, 0.3) is 0 Å². The Bertz CT molecular complexity index is 526. The third kappa shape index (κ3) is 3.24. The molecule has 1 aliphatic heterocycles. The van der Waals surface area contributed by atoms with Crippen LogP contribution in [-0.2, 0) is 9.59 Å². The van der Waals surface area contributed by atoms with E-state index in [1.807, 2.05) is 5.38 Å². The lowest BCUT2D eigenvalue weighted by Gasteiger charge is -2.29. The van der Waals surface area contributed by atoms with Gasteiger partial charge in [0.2, 0.25) is 5.91 Å². The smallest absolute Gasteiger partial charge is 0.306 e. The van der Waals surface area contributed by atoms with Gasteiger partial charge in [0.25, 0.3) is 0 Å². The van der Waals surface area contributed by atoms with Crippen LogP contribution >= 0.6 is 11.3 Å². The van der Waals surface area contributed by atoms with Crippen LogP contribution in [0.1, 0.15) is 38.5 Å². The summed E-state index contributed by atoms with van der Waals surface area (Å²) in [5, 5.41) is 15.0. The number of carbonyl (C=O) groups excluding carboxylic acids is 1. The predicted molar refractivity (Wildman–Crippen MR) is 84.0 cm³/mol. The van der Waals surface area contributed by atoms with Crippen molar-refractivity contribution in [2.75, 3.05) is 11.4 Å². The number of carboxylic acids is 1. The molecular weight excluding hydrogens is 302 g/mol. The van der Waals surface area contributed by atoms with Crippen molar-refractivity contribution in [3.63, 3.8) is 0 Å². The number of carboxylic acid groups (broad SMARTS) is 1. The van der Waals surface area contributed by atoms with E-state index in [1.54, 1.807) is 17.5 Å². The van der Waals surface area contributed by atoms with Gasteiger partial charge in [0, 0.05) is 24.2 Å². The first-order valence-electron chi connectivity index (χ1n) is 7.84. The summed E-state index contributed by atoms with van der Waals surface area (Å²) in [6, 6.07) is -0.0230. The van der Waals surface area contributed by atoms with Crippen molar-refractivity contribution in [3.05, 3.63) is 11.6 Å². The number of nitrogens with one attached hydrogen (secondary N) is 1. The SMILES string of the molecule is O=C(O)C1CCC(NC(=O)C2CCCN2c2nccs2)CC1. The number of amides is 1. The summed E-state index contributed by atoms with van der Waals surface area (Å²) in [4.78, 5) is 29.9. The molecule has 0 radical (unpaired) electrons. The van der Waals surface area contributed by atoms with Gasteiger partial charge in [-0.25, -0.2) is 4.98 Å². The Hall–Kier alpha value is -1.63. The van der Waals surface area contributed by atoms with Gasteiger partial charge < -0.3 is 15.3 Å². The Kier molecular flexibility index (Phi) is 4.61. The molecule has 1 aliphatic carbocycles. The van der Waals surface area contributed by atoms with Gasteiger partial charge in [-0.3, -0.25) is 9.59 Å². The highest BCUT2D eigenvalue weighted by atomic mass is 32.1. The van der Waals surface area contributed by atoms with Crippen molar-refractivity contribution in [1.82, 2.24) is 10.3 Å². The monoisotopic (exact) mass is 323 g/mol. The topological polar surface area (TPSA) is 82.5 Å². The van der Waals surface area contributed by atoms with Crippen molar-refractivity contribution in [2.45, 2.75) is 50.6 Å². The van der Waals surface area contributed by atoms with Crippen molar-refractivity contribution in [3.8, 4) is 0 Å². The number of thiazole rings is 1. The van der Waals surface area contributed by atoms with Crippen LogP contribution in [0.2, 0.25) is 0 Å². The molecule has 1 unspecified atom stereocenters. The highest BCUT2D eigenvalue weighted by Gasteiger charge is 2.34. The summed E-state index contributed by atoms with van der Waals surface area (Å²) < 4.78 is 0. The molecule has 2 fully saturated rings. The van der Waals surface area contributed by atoms with Gasteiger partial charge in [-0.2, -0.15) is 0 Å². The molecule has 1 aromatic rings. The first-order chi connectivity index (χ1) is 10.6. The Labute approximate surface area is 133 Å². The summed E-state index contributed by atoms with van der Waals surface area (Å²) in [6.45, 7) is 0.872. The third-order valence-electron chi connectivity index (χ3n) is 4.64. The molecule has 1 amide bonds. The molecule has 22 heavy (non-hydrogen) atoms. The van der Waals surface area contributed by atoms with Crippen LogP contribution in [0.3, 0.4) is 0 Å². The van der Waals surface area contributed by atoms with Gasteiger partial charge in [0.15, 0.2) is 5.13 Å². The summed E-state index contributed by atoms with van der Waals surface area (Å²) in [7, 11) is 0. The maximum absolute atomic E-state index is 12.5. The average molecular weight is 323 g/mol. The molecule has 1 atom stereocenters. The molecule has 0 aromatic carbocycles. The van der Waals surface area contributed by atoms with Crippen molar-refractivity contribution in [1.29, 1.82) is 0 Å². The van der Waals surface area contributed by atoms with Crippen molar-refractivity contribution in [2.24, 2.45) is 5.92 Å². The highest BCUT2D eigenvalue weighted by molar-refractivity contribution is 7.13. The predicted octanol–water partition coefficient (Wildman–Crippen LogP) is 1.87. The Morgan fingerprint density at radius 3 is 2.68 bits per heavy atom. The minimum atomic E-state index is -0.712. The molecule has 7 heteroatoms. The van der Waals surface area contributed by atoms with Gasteiger partial charge in [-0.15, -0.1) is 11.3 Å². The Balaban J connectivity index is 1.55. The average Bonchev–Trinajstić information content (AvgIpc) is 3.18. The normalized spacial score (nSPS) is 28.5. The molecule has 0 bridgehead atoms. The van der Waals surface area contributed by atoms with Crippen molar-refractivity contribution < 1.29 is 14.7 Å². The van der Waals surface area contributed by atoms with E-state index >= 15 is 0 Å². The second-order valence-electron chi connectivity index (χ2n) is 6.06. The molecule has 0 spiro atoms. The first-order valence-corrected chi connectivity index (χ1v) is 8.72. The molecule has 120 valence electrons. The molecule has 1 aromatic heterocycles. The number of rotatable bonds is 4. The standard InChI is InChI=1S/C15H21N3O3S/c19-13(17-11-5-3-10(4-6-11)14(20)21)12-2-1-8-18(12)15-16-7-9-22-15/h7,9-12H,1-6,8H2,(H,17,19)(H,20,21). The lowest BCUT2D eigenvalue weighted by molar-refractivity contribution is -0.142. The lowest BCUT2D eigenvalue weighted by atomic mass is 9.86. The van der Waals surface area contributed by atoms with Crippen LogP contribution in [0, 0.1) is 5.92 Å². The number of nitrogens with zero attached hydrogens (tertiary/aromatic N) is 2. The summed E-state index contributed by atoms with van der Waals surface area (Å²) in [6.07, 6.45) is 6.45. The number of hydrogen-bond donors (Lipinski definition) is 2. The molecule has 1 saturated heterocycles. The summed E-state index contributed by atoms with van der Waals surface area (Å²) >= 11 is 1.56. The number of hydrogen-bond acceptors (Lipinski definition) is 5. The zero-order chi connectivity index (χ0) is 15.5. The van der Waals surface area contributed by atoms with E-state index in [9.17, 15) is 9.59 Å². The molecular formula is C15H21N3O3S. The minimum absolute atomic E-state index is 0.0616.